The largest absolute Gasteiger partial charge is 0.493 e. The summed E-state index contributed by atoms with van der Waals surface area (Å²) >= 11 is 2.12. The molecule has 2 aromatic carbocycles. The molecule has 29 heavy (non-hydrogen) atoms. The van der Waals surface area contributed by atoms with Gasteiger partial charge in [-0.2, -0.15) is 5.26 Å². The lowest BCUT2D eigenvalue weighted by Gasteiger charge is -2.14. The predicted molar refractivity (Wildman–Crippen MR) is 118 cm³/mol. The van der Waals surface area contributed by atoms with Gasteiger partial charge in [0.1, 0.15) is 30.6 Å². The van der Waals surface area contributed by atoms with E-state index >= 15 is 0 Å². The summed E-state index contributed by atoms with van der Waals surface area (Å²) in [5.74, 6) is 1.24. The summed E-state index contributed by atoms with van der Waals surface area (Å²) in [6.45, 7) is 4.60. The van der Waals surface area contributed by atoms with Crippen molar-refractivity contribution in [1.29, 1.82) is 5.26 Å². The van der Waals surface area contributed by atoms with Crippen molar-refractivity contribution < 1.29 is 23.7 Å². The van der Waals surface area contributed by atoms with Crippen molar-refractivity contribution in [2.24, 2.45) is 0 Å². The fraction of sp³-hybridized carbons (Fsp3) is 0.273. The zero-order valence-corrected chi connectivity index (χ0v) is 18.7. The molecule has 6 nitrogen and oxygen atoms in total. The average Bonchev–Trinajstić information content (AvgIpc) is 2.71. The Hall–Kier alpha value is -2.73. The zero-order chi connectivity index (χ0) is 21.2. The fourth-order valence-corrected chi connectivity index (χ4v) is 3.27. The van der Waals surface area contributed by atoms with Gasteiger partial charge in [-0.1, -0.05) is 18.2 Å². The van der Waals surface area contributed by atoms with Gasteiger partial charge in [-0.25, -0.2) is 4.79 Å². The van der Waals surface area contributed by atoms with Crippen LogP contribution in [0.15, 0.2) is 42.0 Å². The van der Waals surface area contributed by atoms with E-state index in [1.165, 1.54) is 13.2 Å². The zero-order valence-electron chi connectivity index (χ0n) is 16.5. The van der Waals surface area contributed by atoms with E-state index in [9.17, 15) is 10.1 Å². The maximum Gasteiger partial charge on any atom is 0.348 e. The molecule has 0 saturated carbocycles. The van der Waals surface area contributed by atoms with Gasteiger partial charge in [0.25, 0.3) is 0 Å². The Morgan fingerprint density at radius 3 is 2.55 bits per heavy atom. The summed E-state index contributed by atoms with van der Waals surface area (Å²) in [4.78, 5) is 11.8. The first-order valence-electron chi connectivity index (χ1n) is 8.97. The number of nitrogens with zero attached hydrogens (tertiary/aromatic N) is 1. The Labute approximate surface area is 184 Å². The van der Waals surface area contributed by atoms with Crippen LogP contribution in [0.1, 0.15) is 18.1 Å². The second-order valence-electron chi connectivity index (χ2n) is 5.89. The van der Waals surface area contributed by atoms with Crippen LogP contribution in [0.3, 0.4) is 0 Å². The van der Waals surface area contributed by atoms with Crippen molar-refractivity contribution in [3.63, 3.8) is 0 Å². The van der Waals surface area contributed by atoms with E-state index in [1.54, 1.807) is 19.1 Å². The topological polar surface area (TPSA) is 77.8 Å². The Balaban J connectivity index is 2.11. The third-order valence-electron chi connectivity index (χ3n) is 3.86. The Kier molecular flexibility index (Phi) is 8.80. The lowest BCUT2D eigenvalue weighted by molar-refractivity contribution is -0.137. The van der Waals surface area contributed by atoms with E-state index in [4.69, 9.17) is 18.9 Å². The summed E-state index contributed by atoms with van der Waals surface area (Å²) in [6, 6.07) is 13.2. The second kappa shape index (κ2) is 11.3. The van der Waals surface area contributed by atoms with Crippen LogP contribution in [-0.4, -0.2) is 32.9 Å². The fourth-order valence-electron chi connectivity index (χ4n) is 2.49. The summed E-state index contributed by atoms with van der Waals surface area (Å²) in [7, 11) is 1.53. The number of nitriles is 1. The average molecular weight is 507 g/mol. The van der Waals surface area contributed by atoms with E-state index < -0.39 is 5.97 Å². The lowest BCUT2D eigenvalue weighted by atomic mass is 10.1. The highest BCUT2D eigenvalue weighted by Gasteiger charge is 2.14. The van der Waals surface area contributed by atoms with E-state index in [1.807, 2.05) is 37.3 Å². The molecule has 0 aliphatic heterocycles. The van der Waals surface area contributed by atoms with Crippen LogP contribution in [0, 0.1) is 21.8 Å². The van der Waals surface area contributed by atoms with Crippen molar-refractivity contribution in [1.82, 2.24) is 0 Å². The number of hydrogen-bond acceptors (Lipinski definition) is 6. The highest BCUT2D eigenvalue weighted by Crippen LogP contribution is 2.34. The molecule has 0 N–H and O–H groups in total. The SMILES string of the molecule is CCOC(=O)C(C#N)=Cc1cc(I)c(OCCOc2ccccc2C)c(OC)c1. The van der Waals surface area contributed by atoms with Crippen LogP contribution in [0.2, 0.25) is 0 Å². The monoisotopic (exact) mass is 507 g/mol. The van der Waals surface area contributed by atoms with Crippen LogP contribution < -0.4 is 14.2 Å². The summed E-state index contributed by atoms with van der Waals surface area (Å²) in [6.07, 6.45) is 1.47. The first-order chi connectivity index (χ1) is 14.0. The Morgan fingerprint density at radius 2 is 1.90 bits per heavy atom. The predicted octanol–water partition coefficient (Wildman–Crippen LogP) is 4.54. The van der Waals surface area contributed by atoms with Gasteiger partial charge in [0, 0.05) is 0 Å². The van der Waals surface area contributed by atoms with Gasteiger partial charge in [0.15, 0.2) is 11.5 Å². The van der Waals surface area contributed by atoms with E-state index in [0.717, 1.165) is 14.9 Å². The molecule has 0 aliphatic carbocycles. The standard InChI is InChI=1S/C22H22INO5/c1-4-27-22(25)17(14-24)11-16-12-18(23)21(20(13-16)26-3)29-10-9-28-19-8-6-5-7-15(19)2/h5-8,11-13H,4,9-10H2,1-3H3. The number of carbonyl (C=O) groups is 1. The van der Waals surface area contributed by atoms with Crippen molar-refractivity contribution >= 4 is 34.6 Å². The second-order valence-corrected chi connectivity index (χ2v) is 7.05. The number of para-hydroxylation sites is 1. The van der Waals surface area contributed by atoms with Gasteiger partial charge in [-0.15, -0.1) is 0 Å². The molecule has 0 fully saturated rings. The van der Waals surface area contributed by atoms with Gasteiger partial charge in [-0.05, 0) is 71.8 Å². The van der Waals surface area contributed by atoms with Crippen molar-refractivity contribution in [2.45, 2.75) is 13.8 Å². The molecule has 0 amide bonds. The normalized spacial score (nSPS) is 10.8. The first-order valence-corrected chi connectivity index (χ1v) is 10.1. The number of methoxy groups -OCH3 is 1. The van der Waals surface area contributed by atoms with Gasteiger partial charge in [-0.3, -0.25) is 0 Å². The number of halogens is 1. The molecule has 0 bridgehead atoms. The molecule has 7 heteroatoms. The number of esters is 1. The molecule has 0 heterocycles. The molecule has 0 radical (unpaired) electrons. The van der Waals surface area contributed by atoms with E-state index in [0.29, 0.717) is 30.3 Å². The Bertz CT molecular complexity index is 933. The van der Waals surface area contributed by atoms with E-state index in [2.05, 4.69) is 22.6 Å². The number of ether oxygens (including phenoxy) is 4. The summed E-state index contributed by atoms with van der Waals surface area (Å²) in [5, 5.41) is 9.20. The smallest absolute Gasteiger partial charge is 0.348 e. The molecule has 0 atom stereocenters. The molecular weight excluding hydrogens is 485 g/mol. The molecule has 2 rings (SSSR count). The van der Waals surface area contributed by atoms with Crippen molar-refractivity contribution in [3.05, 3.63) is 56.7 Å². The highest BCUT2D eigenvalue weighted by atomic mass is 127. The molecule has 0 unspecified atom stereocenters. The van der Waals surface area contributed by atoms with E-state index in [-0.39, 0.29) is 12.2 Å². The number of carbonyl (C=O) groups excluding carboxylic acids is 1. The van der Waals surface area contributed by atoms with Gasteiger partial charge in [0.2, 0.25) is 0 Å². The van der Waals surface area contributed by atoms with Gasteiger partial charge >= 0.3 is 5.97 Å². The third kappa shape index (κ3) is 6.39. The minimum atomic E-state index is -0.655. The molecule has 0 saturated heterocycles. The van der Waals surface area contributed by atoms with Crippen LogP contribution in [0.4, 0.5) is 0 Å². The van der Waals surface area contributed by atoms with Crippen molar-refractivity contribution in [2.75, 3.05) is 26.9 Å². The molecule has 0 aliphatic rings. The minimum Gasteiger partial charge on any atom is -0.493 e. The van der Waals surface area contributed by atoms with Gasteiger partial charge in [0.05, 0.1) is 17.3 Å². The minimum absolute atomic E-state index is 0.0787. The lowest BCUT2D eigenvalue weighted by Crippen LogP contribution is -2.11. The number of hydrogen-bond donors (Lipinski definition) is 0. The van der Waals surface area contributed by atoms with Crippen LogP contribution >= 0.6 is 22.6 Å². The van der Waals surface area contributed by atoms with Gasteiger partial charge < -0.3 is 18.9 Å². The number of aryl methyl sites for hydroxylation is 1. The molecule has 0 spiro atoms. The third-order valence-corrected chi connectivity index (χ3v) is 4.66. The highest BCUT2D eigenvalue weighted by molar-refractivity contribution is 14.1. The van der Waals surface area contributed by atoms with Crippen LogP contribution in [0.5, 0.6) is 17.2 Å². The van der Waals surface area contributed by atoms with Crippen LogP contribution in [0.25, 0.3) is 6.08 Å². The number of rotatable bonds is 9. The maximum atomic E-state index is 11.8. The number of benzene rings is 2. The summed E-state index contributed by atoms with van der Waals surface area (Å²) in [5.41, 5.74) is 1.62. The van der Waals surface area contributed by atoms with Crippen LogP contribution in [-0.2, 0) is 9.53 Å². The molecule has 0 aromatic heterocycles. The van der Waals surface area contributed by atoms with Crippen molar-refractivity contribution in [3.8, 4) is 23.3 Å². The first kappa shape index (κ1) is 22.6. The molecular formula is C22H22INO5. The molecule has 2 aromatic rings. The summed E-state index contributed by atoms with van der Waals surface area (Å²) < 4.78 is 22.7. The quantitative estimate of drug-likeness (QED) is 0.163. The molecule has 152 valence electrons. The maximum absolute atomic E-state index is 11.8. The Morgan fingerprint density at radius 1 is 1.17 bits per heavy atom.